The van der Waals surface area contributed by atoms with Crippen molar-refractivity contribution in [3.63, 3.8) is 0 Å². The first-order valence-corrected chi connectivity index (χ1v) is 7.98. The predicted octanol–water partition coefficient (Wildman–Crippen LogP) is 4.04. The molecule has 0 atom stereocenters. The van der Waals surface area contributed by atoms with E-state index >= 15 is 0 Å². The zero-order valence-corrected chi connectivity index (χ0v) is 13.2. The summed E-state index contributed by atoms with van der Waals surface area (Å²) in [5.74, 6) is 0. The molecular formula is C19H20NP. The lowest BCUT2D eigenvalue weighted by Gasteiger charge is -2.00. The molecule has 2 heteroatoms. The highest BCUT2D eigenvalue weighted by atomic mass is 31.1. The molecule has 0 fully saturated rings. The van der Waals surface area contributed by atoms with Crippen LogP contribution < -0.4 is 15.9 Å². The number of benzene rings is 3. The third-order valence-corrected chi connectivity index (χ3v) is 4.14. The molecule has 21 heavy (non-hydrogen) atoms. The smallest absolute Gasteiger partial charge is 0.0337 e. The number of para-hydroxylation sites is 1. The molecule has 0 heterocycles. The topological polar surface area (TPSA) is 12.0 Å². The van der Waals surface area contributed by atoms with E-state index in [0.29, 0.717) is 0 Å². The van der Waals surface area contributed by atoms with E-state index in [1.165, 1.54) is 10.6 Å². The number of anilines is 1. The Morgan fingerprint density at radius 2 is 0.952 bits per heavy atom. The Morgan fingerprint density at radius 1 is 0.571 bits per heavy atom. The molecule has 0 amide bonds. The average molecular weight is 293 g/mol. The third kappa shape index (κ3) is 5.81. The van der Waals surface area contributed by atoms with Crippen molar-refractivity contribution in [3.8, 4) is 0 Å². The van der Waals surface area contributed by atoms with Crippen LogP contribution >= 0.6 is 8.58 Å². The Balaban J connectivity index is 0.000000173. The van der Waals surface area contributed by atoms with Crippen LogP contribution in [0.4, 0.5) is 5.69 Å². The standard InChI is InChI=1S/C12H11P.C7H9N/c1-3-7-11(8-4-1)13-12-9-5-2-6-10-12;1-8-7-5-3-2-4-6-7/h1-10,13H;2-6,8H,1H3. The van der Waals surface area contributed by atoms with Gasteiger partial charge in [-0.25, -0.2) is 0 Å². The second kappa shape index (κ2) is 8.94. The van der Waals surface area contributed by atoms with Crippen molar-refractivity contribution in [1.29, 1.82) is 0 Å². The van der Waals surface area contributed by atoms with Gasteiger partial charge in [0.2, 0.25) is 0 Å². The molecule has 3 aromatic rings. The van der Waals surface area contributed by atoms with Gasteiger partial charge in [-0.05, 0) is 22.7 Å². The van der Waals surface area contributed by atoms with Gasteiger partial charge in [0.1, 0.15) is 0 Å². The lowest BCUT2D eigenvalue weighted by Crippen LogP contribution is -2.01. The van der Waals surface area contributed by atoms with Gasteiger partial charge in [-0.3, -0.25) is 0 Å². The molecule has 0 saturated carbocycles. The van der Waals surface area contributed by atoms with Crippen LogP contribution in [0.3, 0.4) is 0 Å². The maximum absolute atomic E-state index is 3.03. The van der Waals surface area contributed by atoms with E-state index in [4.69, 9.17) is 0 Å². The summed E-state index contributed by atoms with van der Waals surface area (Å²) in [5, 5.41) is 5.82. The first-order valence-electron chi connectivity index (χ1n) is 6.98. The first-order chi connectivity index (χ1) is 10.4. The van der Waals surface area contributed by atoms with Gasteiger partial charge in [-0.1, -0.05) is 87.4 Å². The van der Waals surface area contributed by atoms with Gasteiger partial charge in [0.15, 0.2) is 0 Å². The molecule has 0 radical (unpaired) electrons. The number of hydrogen-bond acceptors (Lipinski definition) is 1. The van der Waals surface area contributed by atoms with E-state index in [0.717, 1.165) is 14.3 Å². The van der Waals surface area contributed by atoms with Gasteiger partial charge in [0.25, 0.3) is 0 Å². The van der Waals surface area contributed by atoms with Crippen LogP contribution in [0.2, 0.25) is 0 Å². The minimum Gasteiger partial charge on any atom is -0.388 e. The molecule has 0 aliphatic carbocycles. The summed E-state index contributed by atoms with van der Waals surface area (Å²) in [6.45, 7) is 0. The first kappa shape index (κ1) is 15.3. The van der Waals surface area contributed by atoms with Crippen LogP contribution in [0.25, 0.3) is 0 Å². The van der Waals surface area contributed by atoms with Gasteiger partial charge in [0, 0.05) is 12.7 Å². The van der Waals surface area contributed by atoms with Crippen LogP contribution in [0.5, 0.6) is 0 Å². The predicted molar refractivity (Wildman–Crippen MR) is 96.5 cm³/mol. The summed E-state index contributed by atoms with van der Waals surface area (Å²) >= 11 is 0. The molecule has 1 nitrogen and oxygen atoms in total. The summed E-state index contributed by atoms with van der Waals surface area (Å²) in [7, 11) is 2.69. The monoisotopic (exact) mass is 293 g/mol. The van der Waals surface area contributed by atoms with Crippen molar-refractivity contribution < 1.29 is 0 Å². The average Bonchev–Trinajstić information content (AvgIpc) is 2.58. The van der Waals surface area contributed by atoms with Gasteiger partial charge in [-0.2, -0.15) is 0 Å². The molecule has 0 aliphatic rings. The third-order valence-electron chi connectivity index (χ3n) is 2.90. The largest absolute Gasteiger partial charge is 0.388 e. The van der Waals surface area contributed by atoms with E-state index in [1.807, 2.05) is 37.4 Å². The Kier molecular flexibility index (Phi) is 6.51. The highest BCUT2D eigenvalue weighted by molar-refractivity contribution is 7.55. The fourth-order valence-electron chi connectivity index (χ4n) is 1.81. The molecule has 0 unspecified atom stereocenters. The molecule has 3 aromatic carbocycles. The molecule has 0 spiro atoms. The van der Waals surface area contributed by atoms with E-state index in [9.17, 15) is 0 Å². The zero-order valence-electron chi connectivity index (χ0n) is 12.2. The lowest BCUT2D eigenvalue weighted by atomic mass is 10.3. The zero-order chi connectivity index (χ0) is 14.8. The Labute approximate surface area is 128 Å². The highest BCUT2D eigenvalue weighted by Gasteiger charge is 1.92. The minimum atomic E-state index is 0.777. The van der Waals surface area contributed by atoms with Crippen molar-refractivity contribution in [2.75, 3.05) is 12.4 Å². The summed E-state index contributed by atoms with van der Waals surface area (Å²) in [6.07, 6.45) is 0. The minimum absolute atomic E-state index is 0.777. The quantitative estimate of drug-likeness (QED) is 0.719. The number of hydrogen-bond donors (Lipinski definition) is 1. The normalized spacial score (nSPS) is 9.38. The van der Waals surface area contributed by atoms with E-state index in [2.05, 4.69) is 66.0 Å². The van der Waals surface area contributed by atoms with Gasteiger partial charge >= 0.3 is 0 Å². The molecule has 0 aliphatic heterocycles. The lowest BCUT2D eigenvalue weighted by molar-refractivity contribution is 1.51. The SMILES string of the molecule is CNc1ccccc1.c1ccc(Pc2ccccc2)cc1. The maximum Gasteiger partial charge on any atom is 0.0337 e. The molecule has 3 rings (SSSR count). The summed E-state index contributed by atoms with van der Waals surface area (Å²) < 4.78 is 0. The van der Waals surface area contributed by atoms with Crippen molar-refractivity contribution in [2.45, 2.75) is 0 Å². The summed E-state index contributed by atoms with van der Waals surface area (Å²) in [4.78, 5) is 0. The molecule has 0 aromatic heterocycles. The Bertz CT molecular complexity index is 571. The van der Waals surface area contributed by atoms with Crippen molar-refractivity contribution in [3.05, 3.63) is 91.0 Å². The summed E-state index contributed by atoms with van der Waals surface area (Å²) in [6, 6.07) is 31.2. The number of rotatable bonds is 3. The maximum atomic E-state index is 3.03. The van der Waals surface area contributed by atoms with E-state index in [-0.39, 0.29) is 0 Å². The van der Waals surface area contributed by atoms with Crippen LogP contribution in [0.15, 0.2) is 91.0 Å². The Morgan fingerprint density at radius 3 is 1.29 bits per heavy atom. The van der Waals surface area contributed by atoms with E-state index < -0.39 is 0 Å². The second-order valence-electron chi connectivity index (χ2n) is 4.47. The fourth-order valence-corrected chi connectivity index (χ4v) is 2.87. The highest BCUT2D eigenvalue weighted by Crippen LogP contribution is 2.08. The molecule has 106 valence electrons. The van der Waals surface area contributed by atoms with Gasteiger partial charge in [0.05, 0.1) is 0 Å². The molecular weight excluding hydrogens is 273 g/mol. The van der Waals surface area contributed by atoms with Crippen LogP contribution in [-0.2, 0) is 0 Å². The molecule has 0 bridgehead atoms. The Hall–Kier alpha value is -2.11. The van der Waals surface area contributed by atoms with Crippen LogP contribution in [0, 0.1) is 0 Å². The van der Waals surface area contributed by atoms with Crippen LogP contribution in [0.1, 0.15) is 0 Å². The summed E-state index contributed by atoms with van der Waals surface area (Å²) in [5.41, 5.74) is 1.16. The molecule has 1 N–H and O–H groups in total. The fraction of sp³-hybridized carbons (Fsp3) is 0.0526. The van der Waals surface area contributed by atoms with E-state index in [1.54, 1.807) is 0 Å². The van der Waals surface area contributed by atoms with Crippen molar-refractivity contribution >= 4 is 24.9 Å². The molecule has 0 saturated heterocycles. The van der Waals surface area contributed by atoms with Crippen LogP contribution in [-0.4, -0.2) is 7.05 Å². The van der Waals surface area contributed by atoms with Gasteiger partial charge in [-0.15, -0.1) is 0 Å². The van der Waals surface area contributed by atoms with Crippen molar-refractivity contribution in [2.24, 2.45) is 0 Å². The van der Waals surface area contributed by atoms with Gasteiger partial charge < -0.3 is 5.32 Å². The van der Waals surface area contributed by atoms with Crippen molar-refractivity contribution in [1.82, 2.24) is 0 Å². The number of nitrogens with one attached hydrogen (secondary N) is 1. The second-order valence-corrected chi connectivity index (χ2v) is 5.88.